The van der Waals surface area contributed by atoms with Gasteiger partial charge in [0.25, 0.3) is 0 Å². The smallest absolute Gasteiger partial charge is 0.223 e. The van der Waals surface area contributed by atoms with Gasteiger partial charge in [0.2, 0.25) is 11.8 Å². The summed E-state index contributed by atoms with van der Waals surface area (Å²) in [7, 11) is 1.75. The van der Waals surface area contributed by atoms with Crippen molar-refractivity contribution in [3.63, 3.8) is 0 Å². The highest BCUT2D eigenvalue weighted by atomic mass is 16.5. The molecule has 0 rings (SSSR count). The lowest BCUT2D eigenvalue weighted by Gasteiger charge is -2.30. The molecular formula is C48H96N2O6. The molecular weight excluding hydrogens is 701 g/mol. The summed E-state index contributed by atoms with van der Waals surface area (Å²) < 4.78 is 23.7. The van der Waals surface area contributed by atoms with E-state index in [1.807, 2.05) is 4.90 Å². The SMILES string of the molecule is CCCCCCCCCCCCCCOCCN(CCOCCCCCCCCCCCCCC)C(=O)CCC(=O)NCCC(C)(C)OCCC(C)(CC)OC. The Balaban J connectivity index is 4.43. The van der Waals surface area contributed by atoms with E-state index in [2.05, 4.69) is 46.9 Å². The van der Waals surface area contributed by atoms with Crippen molar-refractivity contribution < 1.29 is 28.5 Å². The molecule has 0 aliphatic rings. The molecule has 0 aromatic carbocycles. The highest BCUT2D eigenvalue weighted by molar-refractivity contribution is 5.83. The van der Waals surface area contributed by atoms with Crippen molar-refractivity contribution in [2.24, 2.45) is 0 Å². The van der Waals surface area contributed by atoms with Crippen LogP contribution in [0.15, 0.2) is 0 Å². The summed E-state index contributed by atoms with van der Waals surface area (Å²) in [6.07, 6.45) is 34.6. The van der Waals surface area contributed by atoms with Gasteiger partial charge in [-0.25, -0.2) is 0 Å². The Kier molecular flexibility index (Phi) is 38.4. The maximum Gasteiger partial charge on any atom is 0.223 e. The van der Waals surface area contributed by atoms with Gasteiger partial charge in [-0.05, 0) is 52.9 Å². The molecule has 1 atom stereocenters. The van der Waals surface area contributed by atoms with Crippen LogP contribution in [-0.4, -0.2) is 87.7 Å². The van der Waals surface area contributed by atoms with Gasteiger partial charge in [0, 0.05) is 52.8 Å². The Hall–Kier alpha value is -1.22. The van der Waals surface area contributed by atoms with Crippen LogP contribution in [-0.2, 0) is 28.5 Å². The first-order chi connectivity index (χ1) is 27.1. The van der Waals surface area contributed by atoms with E-state index in [-0.39, 0.29) is 35.9 Å². The Morgan fingerprint density at radius 1 is 0.518 bits per heavy atom. The predicted octanol–water partition coefficient (Wildman–Crippen LogP) is 12.5. The maximum atomic E-state index is 13.3. The second kappa shape index (κ2) is 39.3. The molecule has 1 unspecified atom stereocenters. The normalized spacial score (nSPS) is 12.9. The lowest BCUT2D eigenvalue weighted by Crippen LogP contribution is -2.38. The van der Waals surface area contributed by atoms with Gasteiger partial charge in [-0.2, -0.15) is 0 Å². The van der Waals surface area contributed by atoms with E-state index in [9.17, 15) is 9.59 Å². The molecule has 0 spiro atoms. The lowest BCUT2D eigenvalue weighted by molar-refractivity contribution is -0.135. The Morgan fingerprint density at radius 3 is 1.32 bits per heavy atom. The van der Waals surface area contributed by atoms with Crippen LogP contribution in [0.5, 0.6) is 0 Å². The number of nitrogens with one attached hydrogen (secondary N) is 1. The summed E-state index contributed by atoms with van der Waals surface area (Å²) in [4.78, 5) is 27.8. The van der Waals surface area contributed by atoms with Crippen molar-refractivity contribution in [1.29, 1.82) is 0 Å². The number of unbranched alkanes of at least 4 members (excludes halogenated alkanes) is 22. The Morgan fingerprint density at radius 2 is 0.929 bits per heavy atom. The summed E-state index contributed by atoms with van der Waals surface area (Å²) in [5.74, 6) is -0.109. The number of methoxy groups -OCH3 is 1. The summed E-state index contributed by atoms with van der Waals surface area (Å²) in [5.41, 5.74) is -0.538. The van der Waals surface area contributed by atoms with Crippen LogP contribution in [0.1, 0.15) is 228 Å². The molecule has 0 aliphatic heterocycles. The zero-order valence-electron chi connectivity index (χ0n) is 38.6. The van der Waals surface area contributed by atoms with Gasteiger partial charge in [0.15, 0.2) is 0 Å². The molecule has 0 aliphatic carbocycles. The monoisotopic (exact) mass is 797 g/mol. The van der Waals surface area contributed by atoms with E-state index in [0.29, 0.717) is 45.9 Å². The van der Waals surface area contributed by atoms with Crippen LogP contribution >= 0.6 is 0 Å². The molecule has 334 valence electrons. The number of hydrogen-bond donors (Lipinski definition) is 1. The molecule has 0 fully saturated rings. The lowest BCUT2D eigenvalue weighted by atomic mass is 9.99. The van der Waals surface area contributed by atoms with Gasteiger partial charge in [-0.15, -0.1) is 0 Å². The van der Waals surface area contributed by atoms with E-state index in [4.69, 9.17) is 18.9 Å². The highest BCUT2D eigenvalue weighted by Crippen LogP contribution is 2.22. The number of rotatable bonds is 44. The molecule has 0 saturated heterocycles. The maximum absolute atomic E-state index is 13.3. The average molecular weight is 797 g/mol. The molecule has 0 heterocycles. The first kappa shape index (κ1) is 54.8. The van der Waals surface area contributed by atoms with Crippen molar-refractivity contribution in [3.8, 4) is 0 Å². The minimum atomic E-state index is -0.358. The zero-order chi connectivity index (χ0) is 41.4. The first-order valence-corrected chi connectivity index (χ1v) is 24.0. The van der Waals surface area contributed by atoms with E-state index in [1.165, 1.54) is 141 Å². The van der Waals surface area contributed by atoms with E-state index in [1.54, 1.807) is 7.11 Å². The number of ether oxygens (including phenoxy) is 4. The summed E-state index contributed by atoms with van der Waals surface area (Å²) in [5, 5.41) is 3.00. The van der Waals surface area contributed by atoms with Crippen molar-refractivity contribution in [1.82, 2.24) is 10.2 Å². The fourth-order valence-electron chi connectivity index (χ4n) is 7.01. The van der Waals surface area contributed by atoms with Gasteiger partial charge in [0.1, 0.15) is 0 Å². The zero-order valence-corrected chi connectivity index (χ0v) is 38.6. The van der Waals surface area contributed by atoms with Crippen LogP contribution in [0.25, 0.3) is 0 Å². The fraction of sp³-hybridized carbons (Fsp3) is 0.958. The third kappa shape index (κ3) is 35.9. The van der Waals surface area contributed by atoms with Crippen molar-refractivity contribution >= 4 is 11.8 Å². The summed E-state index contributed by atoms with van der Waals surface area (Å²) in [6.45, 7) is 17.6. The van der Waals surface area contributed by atoms with Crippen LogP contribution in [0.4, 0.5) is 0 Å². The molecule has 2 amide bonds. The number of carbonyl (C=O) groups is 2. The van der Waals surface area contributed by atoms with Crippen molar-refractivity contribution in [3.05, 3.63) is 0 Å². The minimum Gasteiger partial charge on any atom is -0.380 e. The predicted molar refractivity (Wildman–Crippen MR) is 238 cm³/mol. The standard InChI is InChI=1S/C48H96N2O6/c1-8-11-13-15-17-19-21-23-25-27-29-31-40-54-43-38-50(39-44-55-41-32-30-28-26-24-22-20-18-16-14-12-9-2)46(52)34-33-45(51)49-37-35-47(4,5)56-42-36-48(6,10-3)53-7/h8-44H2,1-7H3,(H,49,51). The molecule has 0 radical (unpaired) electrons. The third-order valence-electron chi connectivity index (χ3n) is 11.6. The molecule has 8 nitrogen and oxygen atoms in total. The van der Waals surface area contributed by atoms with Crippen LogP contribution in [0.3, 0.4) is 0 Å². The number of hydrogen-bond acceptors (Lipinski definition) is 6. The van der Waals surface area contributed by atoms with Crippen molar-refractivity contribution in [2.75, 3.05) is 59.8 Å². The number of carbonyl (C=O) groups excluding carboxylic acids is 2. The van der Waals surface area contributed by atoms with Crippen LogP contribution < -0.4 is 5.32 Å². The van der Waals surface area contributed by atoms with Crippen LogP contribution in [0, 0.1) is 0 Å². The topological polar surface area (TPSA) is 86.3 Å². The van der Waals surface area contributed by atoms with E-state index < -0.39 is 0 Å². The molecule has 0 saturated carbocycles. The van der Waals surface area contributed by atoms with E-state index in [0.717, 1.165) is 38.9 Å². The van der Waals surface area contributed by atoms with Crippen molar-refractivity contribution in [2.45, 2.75) is 239 Å². The summed E-state index contributed by atoms with van der Waals surface area (Å²) in [6, 6.07) is 0. The Labute approximate surface area is 348 Å². The first-order valence-electron chi connectivity index (χ1n) is 24.0. The van der Waals surface area contributed by atoms with E-state index >= 15 is 0 Å². The molecule has 56 heavy (non-hydrogen) atoms. The molecule has 0 bridgehead atoms. The van der Waals surface area contributed by atoms with Gasteiger partial charge in [-0.3, -0.25) is 9.59 Å². The Bertz CT molecular complexity index is 831. The molecule has 8 heteroatoms. The fourth-order valence-corrected chi connectivity index (χ4v) is 7.01. The largest absolute Gasteiger partial charge is 0.380 e. The highest BCUT2D eigenvalue weighted by Gasteiger charge is 2.24. The number of amides is 2. The van der Waals surface area contributed by atoms with Gasteiger partial charge in [-0.1, -0.05) is 162 Å². The second-order valence-corrected chi connectivity index (χ2v) is 17.3. The average Bonchev–Trinajstić information content (AvgIpc) is 3.18. The summed E-state index contributed by atoms with van der Waals surface area (Å²) >= 11 is 0. The minimum absolute atomic E-state index is 0.0103. The molecule has 1 N–H and O–H groups in total. The van der Waals surface area contributed by atoms with Crippen LogP contribution in [0.2, 0.25) is 0 Å². The molecule has 0 aromatic rings. The third-order valence-corrected chi connectivity index (χ3v) is 11.6. The van der Waals surface area contributed by atoms with Gasteiger partial charge in [0.05, 0.1) is 31.0 Å². The quantitative estimate of drug-likeness (QED) is 0.0618. The second-order valence-electron chi connectivity index (χ2n) is 17.3. The molecule has 0 aromatic heterocycles. The number of nitrogens with zero attached hydrogens (tertiary/aromatic N) is 1. The van der Waals surface area contributed by atoms with Gasteiger partial charge >= 0.3 is 0 Å². The van der Waals surface area contributed by atoms with Gasteiger partial charge < -0.3 is 29.2 Å².